The third-order valence-corrected chi connectivity index (χ3v) is 2.90. The van der Waals surface area contributed by atoms with E-state index in [-0.39, 0.29) is 6.42 Å². The van der Waals surface area contributed by atoms with Crippen molar-refractivity contribution in [1.82, 2.24) is 4.98 Å². The molecule has 20 heavy (non-hydrogen) atoms. The molecule has 0 unspecified atom stereocenters. The van der Waals surface area contributed by atoms with Crippen molar-refractivity contribution in [2.24, 2.45) is 5.73 Å². The van der Waals surface area contributed by atoms with Crippen LogP contribution in [0.25, 0.3) is 11.3 Å². The van der Waals surface area contributed by atoms with Crippen LogP contribution in [0.2, 0.25) is 0 Å². The van der Waals surface area contributed by atoms with E-state index in [1.165, 1.54) is 0 Å². The maximum absolute atomic E-state index is 10.5. The largest absolute Gasteiger partial charge is 0.481 e. The van der Waals surface area contributed by atoms with Gasteiger partial charge >= 0.3 is 5.97 Å². The number of carboxylic acids is 1. The summed E-state index contributed by atoms with van der Waals surface area (Å²) in [6.07, 6.45) is 0.0429. The molecule has 0 atom stereocenters. The first-order chi connectivity index (χ1) is 9.70. The number of pyridine rings is 1. The van der Waals surface area contributed by atoms with Gasteiger partial charge in [0.25, 0.3) is 0 Å². The van der Waals surface area contributed by atoms with Gasteiger partial charge in [0.15, 0.2) is 0 Å². The van der Waals surface area contributed by atoms with Crippen LogP contribution in [0.4, 0.5) is 5.82 Å². The second-order valence-corrected chi connectivity index (χ2v) is 4.34. The molecule has 0 radical (unpaired) electrons. The van der Waals surface area contributed by atoms with Crippen molar-refractivity contribution in [2.75, 3.05) is 11.9 Å². The maximum atomic E-state index is 10.5. The van der Waals surface area contributed by atoms with Gasteiger partial charge in [0.1, 0.15) is 5.82 Å². The molecular formula is C15H17N3O2. The van der Waals surface area contributed by atoms with Crippen LogP contribution in [0.1, 0.15) is 12.0 Å². The van der Waals surface area contributed by atoms with Crippen LogP contribution in [0.3, 0.4) is 0 Å². The summed E-state index contributed by atoms with van der Waals surface area (Å²) < 4.78 is 0. The summed E-state index contributed by atoms with van der Waals surface area (Å²) in [5.41, 5.74) is 8.39. The van der Waals surface area contributed by atoms with Crippen LogP contribution in [0, 0.1) is 0 Å². The van der Waals surface area contributed by atoms with E-state index < -0.39 is 5.97 Å². The van der Waals surface area contributed by atoms with Gasteiger partial charge in [0.05, 0.1) is 12.1 Å². The molecule has 1 heterocycles. The minimum absolute atomic E-state index is 0.0429. The number of aliphatic carboxylic acids is 1. The molecule has 2 aromatic rings. The van der Waals surface area contributed by atoms with Gasteiger partial charge in [-0.2, -0.15) is 0 Å². The summed E-state index contributed by atoms with van der Waals surface area (Å²) >= 11 is 0. The fraction of sp³-hybridized carbons (Fsp3) is 0.200. The van der Waals surface area contributed by atoms with Gasteiger partial charge in [-0.05, 0) is 6.07 Å². The van der Waals surface area contributed by atoms with Crippen molar-refractivity contribution in [3.8, 4) is 11.3 Å². The summed E-state index contributed by atoms with van der Waals surface area (Å²) in [7, 11) is 0. The molecule has 5 nitrogen and oxygen atoms in total. The van der Waals surface area contributed by atoms with Crippen LogP contribution in [0.5, 0.6) is 0 Å². The average molecular weight is 271 g/mol. The molecule has 0 bridgehead atoms. The predicted molar refractivity (Wildman–Crippen MR) is 78.3 cm³/mol. The van der Waals surface area contributed by atoms with Crippen LogP contribution in [-0.4, -0.2) is 22.6 Å². The van der Waals surface area contributed by atoms with Gasteiger partial charge in [-0.15, -0.1) is 0 Å². The Kier molecular flexibility index (Phi) is 4.68. The van der Waals surface area contributed by atoms with Crippen molar-refractivity contribution in [3.63, 3.8) is 0 Å². The second-order valence-electron chi connectivity index (χ2n) is 4.34. The molecule has 0 amide bonds. The number of anilines is 1. The Morgan fingerprint density at radius 2 is 1.95 bits per heavy atom. The fourth-order valence-corrected chi connectivity index (χ4v) is 1.86. The van der Waals surface area contributed by atoms with E-state index in [0.29, 0.717) is 18.9 Å². The molecule has 0 saturated heterocycles. The lowest BCUT2D eigenvalue weighted by Gasteiger charge is -2.11. The van der Waals surface area contributed by atoms with Crippen molar-refractivity contribution < 1.29 is 9.90 Å². The summed E-state index contributed by atoms with van der Waals surface area (Å²) in [6.45, 7) is 0.686. The summed E-state index contributed by atoms with van der Waals surface area (Å²) in [5, 5.41) is 11.7. The van der Waals surface area contributed by atoms with Crippen molar-refractivity contribution in [3.05, 3.63) is 48.0 Å². The Bertz CT molecular complexity index is 585. The Balaban J connectivity index is 2.22. The van der Waals surface area contributed by atoms with Crippen molar-refractivity contribution >= 4 is 11.8 Å². The topological polar surface area (TPSA) is 88.2 Å². The predicted octanol–water partition coefficient (Wildman–Crippen LogP) is 2.09. The fourth-order valence-electron chi connectivity index (χ4n) is 1.86. The molecule has 0 saturated carbocycles. The summed E-state index contributed by atoms with van der Waals surface area (Å²) in [5.74, 6) is -0.193. The molecule has 2 rings (SSSR count). The number of nitrogens with two attached hydrogens (primary N) is 1. The molecule has 1 aromatic carbocycles. The molecular weight excluding hydrogens is 254 g/mol. The number of hydrogen-bond donors (Lipinski definition) is 3. The van der Waals surface area contributed by atoms with Crippen molar-refractivity contribution in [1.29, 1.82) is 0 Å². The van der Waals surface area contributed by atoms with Crippen LogP contribution in [-0.2, 0) is 11.3 Å². The van der Waals surface area contributed by atoms with Crippen LogP contribution >= 0.6 is 0 Å². The monoisotopic (exact) mass is 271 g/mol. The number of carboxylic acid groups (broad SMARTS) is 1. The zero-order valence-corrected chi connectivity index (χ0v) is 11.0. The average Bonchev–Trinajstić information content (AvgIpc) is 2.47. The van der Waals surface area contributed by atoms with E-state index in [1.807, 2.05) is 42.5 Å². The van der Waals surface area contributed by atoms with Crippen LogP contribution in [0.15, 0.2) is 42.5 Å². The lowest BCUT2D eigenvalue weighted by atomic mass is 10.1. The zero-order valence-electron chi connectivity index (χ0n) is 11.0. The van der Waals surface area contributed by atoms with Crippen LogP contribution < -0.4 is 11.1 Å². The molecule has 4 N–H and O–H groups in total. The first-order valence-electron chi connectivity index (χ1n) is 6.42. The number of rotatable bonds is 6. The molecule has 0 spiro atoms. The van der Waals surface area contributed by atoms with Gasteiger partial charge in [-0.1, -0.05) is 36.4 Å². The third kappa shape index (κ3) is 3.55. The quantitative estimate of drug-likeness (QED) is 0.748. The van der Waals surface area contributed by atoms with Gasteiger partial charge in [0.2, 0.25) is 0 Å². The first-order valence-corrected chi connectivity index (χ1v) is 6.42. The summed E-state index contributed by atoms with van der Waals surface area (Å²) in [4.78, 5) is 15.1. The highest BCUT2D eigenvalue weighted by atomic mass is 16.4. The van der Waals surface area contributed by atoms with Gasteiger partial charge in [-0.25, -0.2) is 4.98 Å². The Morgan fingerprint density at radius 1 is 1.20 bits per heavy atom. The normalized spacial score (nSPS) is 10.2. The molecule has 0 aliphatic carbocycles. The number of benzene rings is 1. The molecule has 104 valence electrons. The number of nitrogens with one attached hydrogen (secondary N) is 1. The Hall–Kier alpha value is -2.40. The minimum Gasteiger partial charge on any atom is -0.481 e. The minimum atomic E-state index is -0.842. The molecule has 0 fully saturated rings. The molecule has 1 aromatic heterocycles. The van der Waals surface area contributed by atoms with Crippen molar-refractivity contribution in [2.45, 2.75) is 13.0 Å². The van der Waals surface area contributed by atoms with E-state index in [9.17, 15) is 4.79 Å². The highest BCUT2D eigenvalue weighted by Crippen LogP contribution is 2.21. The Morgan fingerprint density at radius 3 is 2.60 bits per heavy atom. The SMILES string of the molecule is NCc1ccc(-c2ccccc2)nc1NCCC(=O)O. The van der Waals surface area contributed by atoms with Gasteiger partial charge in [-0.3, -0.25) is 4.79 Å². The third-order valence-electron chi connectivity index (χ3n) is 2.90. The zero-order chi connectivity index (χ0) is 14.4. The van der Waals surface area contributed by atoms with E-state index >= 15 is 0 Å². The highest BCUT2D eigenvalue weighted by Gasteiger charge is 2.06. The van der Waals surface area contributed by atoms with Gasteiger partial charge < -0.3 is 16.2 Å². The highest BCUT2D eigenvalue weighted by molar-refractivity contribution is 5.68. The number of nitrogens with zero attached hydrogens (tertiary/aromatic N) is 1. The second kappa shape index (κ2) is 6.68. The smallest absolute Gasteiger partial charge is 0.305 e. The Labute approximate surface area is 117 Å². The van der Waals surface area contributed by atoms with Gasteiger partial charge in [0, 0.05) is 24.2 Å². The van der Waals surface area contributed by atoms with E-state index in [4.69, 9.17) is 10.8 Å². The number of carbonyl (C=O) groups is 1. The summed E-state index contributed by atoms with van der Waals surface area (Å²) in [6, 6.07) is 13.6. The van der Waals surface area contributed by atoms with E-state index in [2.05, 4.69) is 10.3 Å². The molecule has 0 aliphatic rings. The lowest BCUT2D eigenvalue weighted by molar-refractivity contribution is -0.136. The lowest BCUT2D eigenvalue weighted by Crippen LogP contribution is -2.12. The number of hydrogen-bond acceptors (Lipinski definition) is 4. The standard InChI is InChI=1S/C15H17N3O2/c16-10-12-6-7-13(11-4-2-1-3-5-11)18-15(12)17-9-8-14(19)20/h1-7H,8-10,16H2,(H,17,18)(H,19,20). The first kappa shape index (κ1) is 14.0. The maximum Gasteiger partial charge on any atom is 0.305 e. The molecule has 5 heteroatoms. The van der Waals surface area contributed by atoms with E-state index in [0.717, 1.165) is 16.8 Å². The number of aromatic nitrogens is 1. The molecule has 0 aliphatic heterocycles. The van der Waals surface area contributed by atoms with E-state index in [1.54, 1.807) is 0 Å².